The number of quaternary nitrogens is 1. The molecule has 0 bridgehead atoms. The average molecular weight is 294 g/mol. The Kier molecular flexibility index (Phi) is 8.94. The van der Waals surface area contributed by atoms with Gasteiger partial charge in [0.25, 0.3) is 0 Å². The molecule has 0 saturated heterocycles. The second kappa shape index (κ2) is 9.27. The van der Waals surface area contributed by atoms with Crippen LogP contribution >= 0.6 is 11.8 Å². The molecule has 0 radical (unpaired) electrons. The topological polar surface area (TPSA) is 126 Å². The fraction of sp³-hybridized carbons (Fsp3) is 0.818. The third-order valence-corrected chi connectivity index (χ3v) is 3.49. The fourth-order valence-electron chi connectivity index (χ4n) is 1.12. The van der Waals surface area contributed by atoms with Gasteiger partial charge in [-0.15, -0.1) is 0 Å². The number of rotatable bonds is 9. The summed E-state index contributed by atoms with van der Waals surface area (Å²) in [4.78, 5) is 22.9. The van der Waals surface area contributed by atoms with Gasteiger partial charge in [-0.05, 0) is 0 Å². The number of nitrogens with one attached hydrogen (secondary N) is 1. The molecule has 19 heavy (non-hydrogen) atoms. The summed E-state index contributed by atoms with van der Waals surface area (Å²) in [6.45, 7) is 3.27. The van der Waals surface area contributed by atoms with Crippen LogP contribution in [-0.4, -0.2) is 52.8 Å². The number of hydrogen-bond donors (Lipinski definition) is 4. The lowest BCUT2D eigenvalue weighted by molar-refractivity contribution is -0.583. The van der Waals surface area contributed by atoms with Crippen molar-refractivity contribution in [1.29, 1.82) is 0 Å². The summed E-state index contributed by atoms with van der Waals surface area (Å²) in [5, 5.41) is 31.1. The Morgan fingerprint density at radius 3 is 2.63 bits per heavy atom. The van der Waals surface area contributed by atoms with Gasteiger partial charge in [0, 0.05) is 18.4 Å². The van der Waals surface area contributed by atoms with E-state index < -0.39 is 17.4 Å². The Bertz CT molecular complexity index is 299. The number of thioether (sulfide) groups is 1. The molecule has 112 valence electrons. The summed E-state index contributed by atoms with van der Waals surface area (Å²) in [6, 6.07) is 0. The monoisotopic (exact) mass is 294 g/mol. The van der Waals surface area contributed by atoms with Crippen molar-refractivity contribution in [3.8, 4) is 0 Å². The third kappa shape index (κ3) is 7.48. The molecule has 0 aliphatic carbocycles. The van der Waals surface area contributed by atoms with Crippen LogP contribution in [0.2, 0.25) is 0 Å². The van der Waals surface area contributed by atoms with Crippen LogP contribution in [0.25, 0.3) is 0 Å². The molecule has 0 spiro atoms. The Morgan fingerprint density at radius 1 is 1.47 bits per heavy atom. The second-order valence-electron chi connectivity index (χ2n) is 4.77. The van der Waals surface area contributed by atoms with E-state index in [0.29, 0.717) is 12.3 Å². The van der Waals surface area contributed by atoms with Crippen LogP contribution in [0.5, 0.6) is 0 Å². The molecule has 1 amide bonds. The van der Waals surface area contributed by atoms with Crippen molar-refractivity contribution in [2.45, 2.75) is 26.4 Å². The van der Waals surface area contributed by atoms with E-state index in [1.807, 2.05) is 0 Å². The van der Waals surface area contributed by atoms with Crippen molar-refractivity contribution < 1.29 is 25.3 Å². The van der Waals surface area contributed by atoms with Crippen molar-refractivity contribution in [3.05, 3.63) is 5.21 Å². The van der Waals surface area contributed by atoms with Crippen molar-refractivity contribution in [3.63, 3.8) is 0 Å². The van der Waals surface area contributed by atoms with Gasteiger partial charge >= 0.3 is 0 Å². The minimum Gasteiger partial charge on any atom is -0.636 e. The molecule has 7 nitrogen and oxygen atoms in total. The largest absolute Gasteiger partial charge is 0.636 e. The van der Waals surface area contributed by atoms with E-state index >= 15 is 0 Å². The molecule has 0 aliphatic heterocycles. The van der Waals surface area contributed by atoms with Gasteiger partial charge in [-0.3, -0.25) is 9.59 Å². The van der Waals surface area contributed by atoms with Gasteiger partial charge in [0.15, 0.2) is 5.12 Å². The zero-order chi connectivity index (χ0) is 14.9. The molecular formula is C11H22N2O5S. The van der Waals surface area contributed by atoms with Crippen molar-refractivity contribution >= 4 is 22.8 Å². The Morgan fingerprint density at radius 2 is 2.11 bits per heavy atom. The maximum absolute atomic E-state index is 11.6. The molecule has 8 heteroatoms. The molecule has 0 heterocycles. The Labute approximate surface area is 116 Å². The van der Waals surface area contributed by atoms with Crippen molar-refractivity contribution in [2.75, 3.05) is 25.4 Å². The lowest BCUT2D eigenvalue weighted by Crippen LogP contribution is -2.78. The first-order valence-corrected chi connectivity index (χ1v) is 6.99. The number of aliphatic hydroxyl groups excluding tert-OH is 2. The predicted molar refractivity (Wildman–Crippen MR) is 72.1 cm³/mol. The van der Waals surface area contributed by atoms with Crippen LogP contribution in [0.4, 0.5) is 0 Å². The molecule has 0 aromatic carbocycles. The van der Waals surface area contributed by atoms with Crippen LogP contribution in [-0.2, 0) is 9.59 Å². The molecular weight excluding hydrogens is 272 g/mol. The quantitative estimate of drug-likeness (QED) is 0.293. The van der Waals surface area contributed by atoms with Gasteiger partial charge in [-0.1, -0.05) is 25.6 Å². The van der Waals surface area contributed by atoms with Crippen molar-refractivity contribution in [2.24, 2.45) is 5.41 Å². The van der Waals surface area contributed by atoms with Gasteiger partial charge in [-0.25, -0.2) is 0 Å². The van der Waals surface area contributed by atoms with Gasteiger partial charge < -0.3 is 26.2 Å². The minimum atomic E-state index is -1.32. The number of amides is 1. The second-order valence-corrected chi connectivity index (χ2v) is 5.92. The van der Waals surface area contributed by atoms with Gasteiger partial charge in [-0.2, -0.15) is 0 Å². The third-order valence-electron chi connectivity index (χ3n) is 2.52. The van der Waals surface area contributed by atoms with E-state index in [4.69, 9.17) is 5.11 Å². The minimum absolute atomic E-state index is 0.113. The van der Waals surface area contributed by atoms with Crippen LogP contribution in [0.3, 0.4) is 0 Å². The highest BCUT2D eigenvalue weighted by Gasteiger charge is 2.32. The summed E-state index contributed by atoms with van der Waals surface area (Å²) in [6.07, 6.45) is -1.18. The van der Waals surface area contributed by atoms with Crippen molar-refractivity contribution in [1.82, 2.24) is 5.32 Å². The summed E-state index contributed by atoms with van der Waals surface area (Å²) in [5.41, 5.74) is -0.178. The first kappa shape index (κ1) is 18.3. The number of aliphatic hydroxyl groups is 2. The lowest BCUT2D eigenvalue weighted by Gasteiger charge is -2.27. The summed E-state index contributed by atoms with van der Waals surface area (Å²) >= 11 is 1.05. The zero-order valence-corrected chi connectivity index (χ0v) is 12.0. The maximum atomic E-state index is 11.6. The van der Waals surface area contributed by atoms with E-state index in [1.54, 1.807) is 13.8 Å². The molecule has 0 saturated carbocycles. The normalized spacial score (nSPS) is 13.1. The number of nitrogens with two attached hydrogens (primary N) is 1. The molecule has 0 fully saturated rings. The fourth-order valence-corrected chi connectivity index (χ4v) is 1.81. The van der Waals surface area contributed by atoms with Crippen LogP contribution in [0.1, 0.15) is 20.3 Å². The molecule has 0 unspecified atom stereocenters. The van der Waals surface area contributed by atoms with Gasteiger partial charge in [0.2, 0.25) is 5.91 Å². The highest BCUT2D eigenvalue weighted by molar-refractivity contribution is 8.13. The first-order valence-electron chi connectivity index (χ1n) is 6.01. The lowest BCUT2D eigenvalue weighted by atomic mass is 9.87. The predicted octanol–water partition coefficient (Wildman–Crippen LogP) is -1.81. The Hall–Kier alpha value is -0.670. The summed E-state index contributed by atoms with van der Waals surface area (Å²) < 4.78 is 0. The van der Waals surface area contributed by atoms with E-state index in [1.165, 1.54) is 0 Å². The average Bonchev–Trinajstić information content (AvgIpc) is 2.38. The molecule has 0 aliphatic rings. The highest BCUT2D eigenvalue weighted by Crippen LogP contribution is 2.19. The highest BCUT2D eigenvalue weighted by atomic mass is 32.2. The Balaban J connectivity index is 3.88. The van der Waals surface area contributed by atoms with Gasteiger partial charge in [0.05, 0.1) is 18.9 Å². The molecule has 5 N–H and O–H groups in total. The molecule has 0 aromatic heterocycles. The smallest absolute Gasteiger partial charge is 0.249 e. The summed E-state index contributed by atoms with van der Waals surface area (Å²) in [5.74, 6) is -0.166. The van der Waals surface area contributed by atoms with E-state index in [9.17, 15) is 19.9 Å². The number of hydroxylamine groups is 1. The van der Waals surface area contributed by atoms with Crippen LogP contribution in [0.15, 0.2) is 0 Å². The molecule has 1 atom stereocenters. The van der Waals surface area contributed by atoms with E-state index in [2.05, 4.69) is 5.32 Å². The summed E-state index contributed by atoms with van der Waals surface area (Å²) in [7, 11) is 0. The molecule has 0 aromatic rings. The van der Waals surface area contributed by atoms with Gasteiger partial charge in [0.1, 0.15) is 6.10 Å². The number of carbonyl (C=O) groups excluding carboxylic acids is 2. The van der Waals surface area contributed by atoms with E-state index in [-0.39, 0.29) is 24.7 Å². The number of carbonyl (C=O) groups is 2. The SMILES string of the molecule is CC(C)(CO)[C@@H](O)C(=O)NCCC(=O)SCC[NH2+][O-]. The maximum Gasteiger partial charge on any atom is 0.249 e. The van der Waals surface area contributed by atoms with Crippen LogP contribution in [0, 0.1) is 10.6 Å². The molecule has 0 rings (SSSR count). The number of hydrogen-bond acceptors (Lipinski definition) is 6. The van der Waals surface area contributed by atoms with E-state index in [0.717, 1.165) is 17.2 Å². The first-order chi connectivity index (χ1) is 8.85. The zero-order valence-electron chi connectivity index (χ0n) is 11.2. The van der Waals surface area contributed by atoms with Crippen LogP contribution < -0.4 is 10.8 Å². The standard InChI is InChI=1S/C11H22N2O5S/c1-11(2,7-14)9(16)10(17)12-4-3-8(15)19-6-5-13-18/h9,14,16H,3-7,13H2,1-2H3,(H,12,17)/t9-/m0/s1.